The highest BCUT2D eigenvalue weighted by Crippen LogP contribution is 2.29. The topological polar surface area (TPSA) is 17.8 Å². The van der Waals surface area contributed by atoms with Gasteiger partial charge in [-0.3, -0.25) is 0 Å². The summed E-state index contributed by atoms with van der Waals surface area (Å²) in [4.78, 5) is 6.04. The molecule has 4 heteroatoms. The van der Waals surface area contributed by atoms with Crippen LogP contribution in [0.4, 0.5) is 0 Å². The van der Waals surface area contributed by atoms with E-state index in [0.717, 1.165) is 22.4 Å². The molecule has 0 radical (unpaired) electrons. The van der Waals surface area contributed by atoms with Crippen LogP contribution >= 0.6 is 27.3 Å². The van der Waals surface area contributed by atoms with Crippen LogP contribution in [-0.2, 0) is 6.54 Å². The predicted molar refractivity (Wildman–Crippen MR) is 96.3 cm³/mol. The minimum absolute atomic E-state index is 0.820. The van der Waals surface area contributed by atoms with Crippen LogP contribution in [0.25, 0.3) is 21.7 Å². The van der Waals surface area contributed by atoms with Crippen LogP contribution in [-0.4, -0.2) is 9.55 Å². The number of benzene rings is 2. The molecule has 0 atom stereocenters. The molecule has 0 aliphatic carbocycles. The van der Waals surface area contributed by atoms with Crippen LogP contribution in [0.1, 0.15) is 5.56 Å². The van der Waals surface area contributed by atoms with Gasteiger partial charge < -0.3 is 4.57 Å². The van der Waals surface area contributed by atoms with E-state index in [-0.39, 0.29) is 0 Å². The van der Waals surface area contributed by atoms with E-state index in [9.17, 15) is 0 Å². The van der Waals surface area contributed by atoms with Crippen molar-refractivity contribution >= 4 is 38.3 Å². The summed E-state index contributed by atoms with van der Waals surface area (Å²) < 4.78 is 3.40. The fourth-order valence-electron chi connectivity index (χ4n) is 2.60. The number of thiophene rings is 1. The number of halogens is 1. The predicted octanol–water partition coefficient (Wildman–Crippen LogP) is 5.58. The van der Waals surface area contributed by atoms with Crippen LogP contribution in [0.15, 0.2) is 70.5 Å². The number of hydrogen-bond acceptors (Lipinski definition) is 2. The van der Waals surface area contributed by atoms with E-state index >= 15 is 0 Å². The summed E-state index contributed by atoms with van der Waals surface area (Å²) in [6.45, 7) is 0.820. The summed E-state index contributed by atoms with van der Waals surface area (Å²) in [5, 5.41) is 2.10. The summed E-state index contributed by atoms with van der Waals surface area (Å²) in [5.74, 6) is 1.04. The highest BCUT2D eigenvalue weighted by Gasteiger charge is 2.13. The lowest BCUT2D eigenvalue weighted by Crippen LogP contribution is -2.01. The molecule has 2 nitrogen and oxygen atoms in total. The van der Waals surface area contributed by atoms with Crippen molar-refractivity contribution < 1.29 is 0 Å². The average Bonchev–Trinajstić information content (AvgIpc) is 3.18. The van der Waals surface area contributed by atoms with Gasteiger partial charge in [0, 0.05) is 11.0 Å². The number of nitrogens with zero attached hydrogens (tertiary/aromatic N) is 2. The third-order valence-electron chi connectivity index (χ3n) is 3.65. The molecule has 4 rings (SSSR count). The molecule has 0 unspecified atom stereocenters. The zero-order chi connectivity index (χ0) is 14.9. The Morgan fingerprint density at radius 2 is 1.77 bits per heavy atom. The third kappa shape index (κ3) is 2.49. The van der Waals surface area contributed by atoms with E-state index < -0.39 is 0 Å². The van der Waals surface area contributed by atoms with Crippen LogP contribution in [0.3, 0.4) is 0 Å². The first-order valence-electron chi connectivity index (χ1n) is 7.05. The van der Waals surface area contributed by atoms with E-state index in [0.29, 0.717) is 0 Å². The van der Waals surface area contributed by atoms with Crippen molar-refractivity contribution in [2.45, 2.75) is 6.54 Å². The summed E-state index contributed by atoms with van der Waals surface area (Å²) in [6, 6.07) is 21.0. The largest absolute Gasteiger partial charge is 0.319 e. The molecule has 0 fully saturated rings. The third-order valence-corrected chi connectivity index (χ3v) is 5.04. The molecule has 2 aromatic carbocycles. The summed E-state index contributed by atoms with van der Waals surface area (Å²) in [6.07, 6.45) is 0. The fourth-order valence-corrected chi connectivity index (χ4v) is 3.59. The lowest BCUT2D eigenvalue weighted by Gasteiger charge is -2.08. The van der Waals surface area contributed by atoms with Crippen LogP contribution < -0.4 is 0 Å². The first kappa shape index (κ1) is 13.7. The van der Waals surface area contributed by atoms with Crippen LogP contribution in [0.2, 0.25) is 0 Å². The lowest BCUT2D eigenvalue weighted by atomic mass is 10.2. The molecule has 2 heterocycles. The molecule has 0 N–H and O–H groups in total. The Labute approximate surface area is 141 Å². The van der Waals surface area contributed by atoms with Gasteiger partial charge in [0.25, 0.3) is 0 Å². The molecular weight excluding hydrogens is 356 g/mol. The zero-order valence-electron chi connectivity index (χ0n) is 11.7. The quantitative estimate of drug-likeness (QED) is 0.461. The number of imidazole rings is 1. The van der Waals surface area contributed by atoms with Gasteiger partial charge in [0.15, 0.2) is 5.82 Å². The molecule has 0 amide bonds. The SMILES string of the molecule is Brc1ccc(Cn2c(-c3cccs3)nc3ccccc32)cc1. The maximum absolute atomic E-state index is 4.83. The van der Waals surface area contributed by atoms with Crippen molar-refractivity contribution in [2.75, 3.05) is 0 Å². The van der Waals surface area contributed by atoms with Crippen LogP contribution in [0.5, 0.6) is 0 Å². The van der Waals surface area contributed by atoms with E-state index in [1.54, 1.807) is 11.3 Å². The maximum atomic E-state index is 4.83. The van der Waals surface area contributed by atoms with E-state index in [2.05, 4.69) is 80.5 Å². The Balaban J connectivity index is 1.87. The zero-order valence-corrected chi connectivity index (χ0v) is 14.1. The molecule has 0 aliphatic heterocycles. The van der Waals surface area contributed by atoms with Crippen molar-refractivity contribution in [1.29, 1.82) is 0 Å². The summed E-state index contributed by atoms with van der Waals surface area (Å²) in [5.41, 5.74) is 3.49. The first-order chi connectivity index (χ1) is 10.8. The van der Waals surface area contributed by atoms with Gasteiger partial charge in [0.05, 0.1) is 15.9 Å². The monoisotopic (exact) mass is 368 g/mol. The highest BCUT2D eigenvalue weighted by atomic mass is 79.9. The van der Waals surface area contributed by atoms with E-state index in [1.807, 2.05) is 6.07 Å². The number of para-hydroxylation sites is 2. The fraction of sp³-hybridized carbons (Fsp3) is 0.0556. The van der Waals surface area contributed by atoms with Crippen molar-refractivity contribution in [1.82, 2.24) is 9.55 Å². The number of hydrogen-bond donors (Lipinski definition) is 0. The van der Waals surface area contributed by atoms with Gasteiger partial charge in [-0.15, -0.1) is 11.3 Å². The Hall–Kier alpha value is -1.91. The minimum atomic E-state index is 0.820. The van der Waals surface area contributed by atoms with Crippen molar-refractivity contribution in [2.24, 2.45) is 0 Å². The maximum Gasteiger partial charge on any atom is 0.151 e. The molecule has 0 bridgehead atoms. The molecule has 0 saturated carbocycles. The second-order valence-corrected chi connectivity index (χ2v) is 6.98. The molecule has 2 aromatic heterocycles. The van der Waals surface area contributed by atoms with E-state index in [1.165, 1.54) is 16.0 Å². The molecule has 4 aromatic rings. The van der Waals surface area contributed by atoms with Crippen molar-refractivity contribution in [3.8, 4) is 10.7 Å². The normalized spacial score (nSPS) is 11.1. The first-order valence-corrected chi connectivity index (χ1v) is 8.72. The lowest BCUT2D eigenvalue weighted by molar-refractivity contribution is 0.836. The second kappa shape index (κ2) is 5.71. The standard InChI is InChI=1S/C18H13BrN2S/c19-14-9-7-13(8-10-14)12-21-16-5-2-1-4-15(16)20-18(21)17-6-3-11-22-17/h1-11H,12H2. The Morgan fingerprint density at radius 1 is 0.955 bits per heavy atom. The van der Waals surface area contributed by atoms with Gasteiger partial charge in [-0.25, -0.2) is 4.98 Å². The molecule has 0 aliphatic rings. The van der Waals surface area contributed by atoms with Gasteiger partial charge in [-0.1, -0.05) is 46.3 Å². The molecule has 108 valence electrons. The number of fused-ring (bicyclic) bond motifs is 1. The molecule has 22 heavy (non-hydrogen) atoms. The van der Waals surface area contributed by atoms with Gasteiger partial charge in [-0.2, -0.15) is 0 Å². The molecule has 0 saturated heterocycles. The van der Waals surface area contributed by atoms with Crippen molar-refractivity contribution in [3.63, 3.8) is 0 Å². The summed E-state index contributed by atoms with van der Waals surface area (Å²) >= 11 is 5.22. The smallest absolute Gasteiger partial charge is 0.151 e. The Kier molecular flexibility index (Phi) is 3.56. The second-order valence-electron chi connectivity index (χ2n) is 5.11. The van der Waals surface area contributed by atoms with Crippen LogP contribution in [0, 0.1) is 0 Å². The number of rotatable bonds is 3. The minimum Gasteiger partial charge on any atom is -0.319 e. The van der Waals surface area contributed by atoms with Gasteiger partial charge in [0.1, 0.15) is 0 Å². The molecular formula is C18H13BrN2S. The highest BCUT2D eigenvalue weighted by molar-refractivity contribution is 9.10. The summed E-state index contributed by atoms with van der Waals surface area (Å²) in [7, 11) is 0. The average molecular weight is 369 g/mol. The Morgan fingerprint density at radius 3 is 2.55 bits per heavy atom. The van der Waals surface area contributed by atoms with E-state index in [4.69, 9.17) is 4.98 Å². The van der Waals surface area contributed by atoms with Crippen molar-refractivity contribution in [3.05, 3.63) is 76.1 Å². The Bertz CT molecular complexity index is 908. The van der Waals surface area contributed by atoms with Gasteiger partial charge in [-0.05, 0) is 41.3 Å². The number of aromatic nitrogens is 2. The van der Waals surface area contributed by atoms with Gasteiger partial charge >= 0.3 is 0 Å². The molecule has 0 spiro atoms. The van der Waals surface area contributed by atoms with Gasteiger partial charge in [0.2, 0.25) is 0 Å².